The highest BCUT2D eigenvalue weighted by Crippen LogP contribution is 2.33. The second-order valence-electron chi connectivity index (χ2n) is 18.3. The van der Waals surface area contributed by atoms with E-state index < -0.39 is 192 Å². The van der Waals surface area contributed by atoms with E-state index in [4.69, 9.17) is 17.2 Å². The first-order chi connectivity index (χ1) is 33.5. The topological polar surface area (TPSA) is 408 Å². The minimum atomic E-state index is -4.45. The van der Waals surface area contributed by atoms with Gasteiger partial charge in [-0.1, -0.05) is 46.2 Å². The summed E-state index contributed by atoms with van der Waals surface area (Å²) in [6.45, 7) is 4.47. The van der Waals surface area contributed by atoms with Crippen molar-refractivity contribution in [3.63, 3.8) is 0 Å². The molecule has 8 atom stereocenters. The fourth-order valence-electron chi connectivity index (χ4n) is 7.73. The maximum absolute atomic E-state index is 15.3. The number of nitrogens with zero attached hydrogens (tertiary/aromatic N) is 1. The van der Waals surface area contributed by atoms with Crippen LogP contribution in [0.25, 0.3) is 0 Å². The molecule has 0 radical (unpaired) electrons. The maximum atomic E-state index is 15.3. The Morgan fingerprint density at radius 2 is 1.43 bits per heavy atom. The van der Waals surface area contributed by atoms with Crippen LogP contribution in [-0.2, 0) is 69.0 Å². The molecule has 2 heterocycles. The number of phenols is 1. The number of likely N-dealkylation sites (tertiary alicyclic amines) is 1. The number of hydrogen-bond acceptors (Lipinski definition) is 14. The van der Waals surface area contributed by atoms with Crippen LogP contribution in [0.1, 0.15) is 84.6 Å². The lowest BCUT2D eigenvalue weighted by molar-refractivity contribution is -0.143. The molecule has 0 unspecified atom stereocenters. The average molecular weight is 1040 g/mol. The Hall–Kier alpha value is -7.00. The van der Waals surface area contributed by atoms with Crippen molar-refractivity contribution in [3.8, 4) is 5.75 Å². The van der Waals surface area contributed by atoms with Gasteiger partial charge in [0.2, 0.25) is 65.0 Å². The number of benzene rings is 1. The molecule has 72 heavy (non-hydrogen) atoms. The minimum absolute atomic E-state index is 0.0767. The lowest BCUT2D eigenvalue weighted by atomic mass is 9.96. The summed E-state index contributed by atoms with van der Waals surface area (Å²) in [6, 6.07) is -6.82. The number of rotatable bonds is 17. The Kier molecular flexibility index (Phi) is 21.8. The van der Waals surface area contributed by atoms with Gasteiger partial charge in [0.15, 0.2) is 9.84 Å². The quantitative estimate of drug-likeness (QED) is 0.0712. The van der Waals surface area contributed by atoms with E-state index in [1.54, 1.807) is 27.7 Å². The molecule has 28 heteroatoms. The number of carbonyl (C=O) groups excluding carboxylic acids is 11. The number of amides is 11. The number of primary amides is 3. The van der Waals surface area contributed by atoms with Crippen LogP contribution in [-0.4, -0.2) is 156 Å². The fourth-order valence-corrected chi connectivity index (χ4v) is 9.02. The van der Waals surface area contributed by atoms with Gasteiger partial charge in [0.05, 0.1) is 31.0 Å². The molecule has 2 aliphatic rings. The number of nitrogens with one attached hydrogen (secondary N) is 7. The van der Waals surface area contributed by atoms with Crippen LogP contribution in [0, 0.1) is 11.8 Å². The fraction of sp³-hybridized carbons (Fsp3) is 0.614. The van der Waals surface area contributed by atoms with Gasteiger partial charge in [0, 0.05) is 25.7 Å². The lowest BCUT2D eigenvalue weighted by Gasteiger charge is -2.31. The monoisotopic (exact) mass is 1040 g/mol. The van der Waals surface area contributed by atoms with E-state index >= 15 is 8.78 Å². The predicted molar refractivity (Wildman–Crippen MR) is 250 cm³/mol. The highest BCUT2D eigenvalue weighted by atomic mass is 32.2. The van der Waals surface area contributed by atoms with Crippen LogP contribution in [0.3, 0.4) is 0 Å². The van der Waals surface area contributed by atoms with Crippen LogP contribution in [0.5, 0.6) is 5.75 Å². The molecule has 3 rings (SSSR count). The molecule has 1 aromatic rings. The van der Waals surface area contributed by atoms with Gasteiger partial charge in [-0.05, 0) is 48.8 Å². The highest BCUT2D eigenvalue weighted by molar-refractivity contribution is 7.91. The van der Waals surface area contributed by atoms with Crippen LogP contribution in [0.15, 0.2) is 24.3 Å². The van der Waals surface area contributed by atoms with Gasteiger partial charge < -0.3 is 64.4 Å². The molecule has 400 valence electrons. The molecule has 2 fully saturated rings. The number of nitrogens with two attached hydrogens (primary N) is 3. The van der Waals surface area contributed by atoms with Crippen molar-refractivity contribution in [1.82, 2.24) is 42.1 Å². The molecule has 11 amide bonds. The first-order valence-electron chi connectivity index (χ1n) is 23.1. The zero-order valence-corrected chi connectivity index (χ0v) is 41.1. The maximum Gasteiger partial charge on any atom is 0.267 e. The van der Waals surface area contributed by atoms with E-state index in [1.165, 1.54) is 24.3 Å². The van der Waals surface area contributed by atoms with Gasteiger partial charge in [-0.2, -0.15) is 0 Å². The molecule has 1 aromatic carbocycles. The number of alkyl halides is 2. The van der Waals surface area contributed by atoms with Crippen LogP contribution < -0.4 is 54.4 Å². The number of phenolic OH excluding ortho intramolecular Hbond substituents is 1. The molecular weight excluding hydrogens is 977 g/mol. The summed E-state index contributed by atoms with van der Waals surface area (Å²) < 4.78 is 57.8. The molecular formula is C44H65F2N11O14S. The zero-order chi connectivity index (χ0) is 54.2. The summed E-state index contributed by atoms with van der Waals surface area (Å²) in [7, 11) is -4.45. The smallest absolute Gasteiger partial charge is 0.267 e. The summed E-state index contributed by atoms with van der Waals surface area (Å²) in [5.74, 6) is -19.1. The van der Waals surface area contributed by atoms with Crippen molar-refractivity contribution in [3.05, 3.63) is 29.8 Å². The van der Waals surface area contributed by atoms with E-state index in [0.717, 1.165) is 0 Å². The van der Waals surface area contributed by atoms with Crippen molar-refractivity contribution < 1.29 is 75.0 Å². The van der Waals surface area contributed by atoms with Gasteiger partial charge >= 0.3 is 0 Å². The van der Waals surface area contributed by atoms with E-state index in [2.05, 4.69) is 37.2 Å². The third kappa shape index (κ3) is 19.0. The SMILES string of the molecule is CC[C@H](C)[C@@H]1NC(=O)[C@H](Cc2ccc(O)cc2)NC(=O)CCS(=O)(=O)CC[C@@H](C(=O)N2CC(F)(F)C[C@H]2C(=O)N[C@@H](CC(C)C)C(=O)NCC(N)=O)NC(=O)[C@H](CC(N)=O)NC(=O)[C@H](CCC(N)=O)NC1=O. The molecule has 0 bridgehead atoms. The first kappa shape index (κ1) is 59.3. The third-order valence-corrected chi connectivity index (χ3v) is 13.5. The Morgan fingerprint density at radius 3 is 2.01 bits per heavy atom. The summed E-state index contributed by atoms with van der Waals surface area (Å²) in [6.07, 6.45) is -5.17. The molecule has 0 spiro atoms. The van der Waals surface area contributed by atoms with E-state index in [0.29, 0.717) is 10.5 Å². The molecule has 14 N–H and O–H groups in total. The molecule has 0 aliphatic carbocycles. The van der Waals surface area contributed by atoms with Gasteiger partial charge in [-0.25, -0.2) is 17.2 Å². The van der Waals surface area contributed by atoms with Crippen LogP contribution >= 0.6 is 0 Å². The van der Waals surface area contributed by atoms with E-state index in [1.807, 2.05) is 0 Å². The van der Waals surface area contributed by atoms with Gasteiger partial charge in [0.1, 0.15) is 48.0 Å². The molecule has 2 saturated heterocycles. The van der Waals surface area contributed by atoms with Crippen LogP contribution in [0.4, 0.5) is 8.78 Å². The van der Waals surface area contributed by atoms with Crippen molar-refractivity contribution >= 4 is 74.8 Å². The number of sulfone groups is 1. The minimum Gasteiger partial charge on any atom is -0.508 e. The van der Waals surface area contributed by atoms with Crippen LogP contribution in [0.2, 0.25) is 0 Å². The Bertz CT molecular complexity index is 2320. The number of carbonyl (C=O) groups is 11. The van der Waals surface area contributed by atoms with Crippen molar-refractivity contribution in [2.75, 3.05) is 24.6 Å². The highest BCUT2D eigenvalue weighted by Gasteiger charge is 2.52. The second-order valence-corrected chi connectivity index (χ2v) is 20.6. The van der Waals surface area contributed by atoms with Gasteiger partial charge in [0.25, 0.3) is 5.92 Å². The molecule has 25 nitrogen and oxygen atoms in total. The summed E-state index contributed by atoms with van der Waals surface area (Å²) >= 11 is 0. The van der Waals surface area contributed by atoms with Crippen molar-refractivity contribution in [2.24, 2.45) is 29.0 Å². The Morgan fingerprint density at radius 1 is 0.819 bits per heavy atom. The van der Waals surface area contributed by atoms with Gasteiger partial charge in [-0.3, -0.25) is 52.7 Å². The zero-order valence-electron chi connectivity index (χ0n) is 40.3. The third-order valence-electron chi connectivity index (χ3n) is 11.8. The molecule has 0 aromatic heterocycles. The largest absolute Gasteiger partial charge is 0.508 e. The summed E-state index contributed by atoms with van der Waals surface area (Å²) in [4.78, 5) is 147. The Balaban J connectivity index is 2.14. The molecule has 0 saturated carbocycles. The lowest BCUT2D eigenvalue weighted by Crippen LogP contribution is -2.61. The van der Waals surface area contributed by atoms with E-state index in [9.17, 15) is 66.3 Å². The number of aromatic hydroxyl groups is 1. The van der Waals surface area contributed by atoms with Crippen molar-refractivity contribution in [2.45, 2.75) is 134 Å². The number of hydrogen-bond donors (Lipinski definition) is 11. The average Bonchev–Trinajstić information content (AvgIpc) is 3.63. The normalized spacial score (nSPS) is 24.2. The standard InChI is InChI=1S/C44H65F2N11O14S/c1-5-23(4)36-42(68)52-26(10-11-32(47)59)38(64)54-30(18-33(48)60)39(65)53-27(12-14-72(70,71)15-13-35(62)51-29(40(66)56-36)17-24-6-8-25(58)9-7-24)43(69)57-21-44(45,46)19-31(57)41(67)55-28(16-22(2)3)37(63)50-20-34(49)61/h6-9,22-23,26-31,36,58H,5,10-21H2,1-4H3,(H2,47,59)(H2,48,60)(H2,49,61)(H,50,63)(H,51,62)(H,52,68)(H,53,65)(H,54,64)(H,55,67)(H,56,66)/t23-,26-,27-,28-,29-,30-,31-,36-/m0/s1. The number of halogens is 2. The van der Waals surface area contributed by atoms with Gasteiger partial charge in [-0.15, -0.1) is 0 Å². The Labute approximate surface area is 413 Å². The van der Waals surface area contributed by atoms with Crippen molar-refractivity contribution in [1.29, 1.82) is 0 Å². The predicted octanol–water partition coefficient (Wildman–Crippen LogP) is -3.88. The molecule has 2 aliphatic heterocycles. The van der Waals surface area contributed by atoms with E-state index in [-0.39, 0.29) is 30.9 Å². The summed E-state index contributed by atoms with van der Waals surface area (Å²) in [5.41, 5.74) is 16.3. The second kappa shape index (κ2) is 26.4. The summed E-state index contributed by atoms with van der Waals surface area (Å²) in [5, 5.41) is 26.2. The first-order valence-corrected chi connectivity index (χ1v) is 24.9.